The average Bonchev–Trinajstić information content (AvgIpc) is 3.28. The average molecular weight is 520 g/mol. The molecule has 0 spiro atoms. The summed E-state index contributed by atoms with van der Waals surface area (Å²) in [4.78, 5) is 19.3. The third kappa shape index (κ3) is 6.28. The molecule has 0 aliphatic heterocycles. The molecule has 1 atom stereocenters. The van der Waals surface area contributed by atoms with Gasteiger partial charge in [0, 0.05) is 23.4 Å². The van der Waals surface area contributed by atoms with Crippen molar-refractivity contribution < 1.29 is 9.32 Å². The lowest BCUT2D eigenvalue weighted by Gasteiger charge is -2.19. The van der Waals surface area contributed by atoms with Gasteiger partial charge in [-0.2, -0.15) is 5.10 Å². The van der Waals surface area contributed by atoms with Gasteiger partial charge in [0.25, 0.3) is 5.56 Å². The number of amidine groups is 1. The van der Waals surface area contributed by atoms with Crippen LogP contribution in [0.3, 0.4) is 0 Å². The molecule has 182 valence electrons. The van der Waals surface area contributed by atoms with Gasteiger partial charge in [-0.05, 0) is 47.7 Å². The summed E-state index contributed by atoms with van der Waals surface area (Å²) in [6.07, 6.45) is 4.15. The first-order valence-electron chi connectivity index (χ1n) is 10.5. The van der Waals surface area contributed by atoms with Crippen LogP contribution in [0.1, 0.15) is 32.8 Å². The number of rotatable bonds is 8. The Morgan fingerprint density at radius 3 is 2.68 bits per heavy atom. The quantitative estimate of drug-likeness (QED) is 0.227. The largest absolute Gasteiger partial charge is 0.505 e. The number of benzene rings is 1. The maximum absolute atomic E-state index is 13.3. The monoisotopic (exact) mass is 519 g/mol. The lowest BCUT2D eigenvalue weighted by Crippen LogP contribution is -2.33. The molecule has 0 aliphatic carbocycles. The van der Waals surface area contributed by atoms with E-state index >= 15 is 0 Å². The number of hydrogen-bond acceptors (Lipinski definition) is 7. The molecular weight excluding hydrogens is 490 g/mol. The van der Waals surface area contributed by atoms with Gasteiger partial charge in [-0.25, -0.2) is 13.9 Å². The summed E-state index contributed by atoms with van der Waals surface area (Å²) >= 11 is 2.85. The Kier molecular flexibility index (Phi) is 8.21. The molecule has 11 heteroatoms. The summed E-state index contributed by atoms with van der Waals surface area (Å²) in [6, 6.07) is 8.95. The van der Waals surface area contributed by atoms with Crippen LogP contribution >= 0.6 is 23.1 Å². The number of nitrogens with two attached hydrogens (primary N) is 1. The Labute approximate surface area is 209 Å². The fourth-order valence-electron chi connectivity index (χ4n) is 3.15. The molecule has 4 N–H and O–H groups in total. The van der Waals surface area contributed by atoms with Crippen molar-refractivity contribution >= 4 is 51.3 Å². The van der Waals surface area contributed by atoms with E-state index in [1.165, 1.54) is 27.8 Å². The highest BCUT2D eigenvalue weighted by atomic mass is 32.2. The summed E-state index contributed by atoms with van der Waals surface area (Å²) in [5, 5.41) is 17.4. The molecular formula is C23H29N5O3S3. The number of aliphatic imine (C=N–C) groups is 1. The zero-order valence-electron chi connectivity index (χ0n) is 19.8. The van der Waals surface area contributed by atoms with E-state index in [1.54, 1.807) is 18.4 Å². The van der Waals surface area contributed by atoms with Crippen molar-refractivity contribution in [2.45, 2.75) is 38.6 Å². The molecule has 3 rings (SSSR count). The molecule has 0 bridgehead atoms. The van der Waals surface area contributed by atoms with E-state index < -0.39 is 16.5 Å². The van der Waals surface area contributed by atoms with Gasteiger partial charge in [-0.15, -0.1) is 23.1 Å². The molecule has 0 amide bonds. The summed E-state index contributed by atoms with van der Waals surface area (Å²) in [5.41, 5.74) is 7.26. The highest BCUT2D eigenvalue weighted by Gasteiger charge is 2.23. The van der Waals surface area contributed by atoms with Gasteiger partial charge in [-0.1, -0.05) is 26.8 Å². The van der Waals surface area contributed by atoms with Crippen molar-refractivity contribution in [2.75, 3.05) is 17.2 Å². The second-order valence-electron chi connectivity index (χ2n) is 8.83. The fourth-order valence-corrected chi connectivity index (χ4v) is 4.89. The highest BCUT2D eigenvalue weighted by molar-refractivity contribution is 7.98. The summed E-state index contributed by atoms with van der Waals surface area (Å²) < 4.78 is 15.7. The van der Waals surface area contributed by atoms with Gasteiger partial charge in [0.05, 0.1) is 10.6 Å². The van der Waals surface area contributed by atoms with E-state index in [4.69, 9.17) is 5.73 Å². The maximum atomic E-state index is 13.3. The Balaban J connectivity index is 2.14. The van der Waals surface area contributed by atoms with Crippen LogP contribution in [0.5, 0.6) is 5.75 Å². The predicted octanol–water partition coefficient (Wildman–Crippen LogP) is 4.58. The number of anilines is 1. The van der Waals surface area contributed by atoms with Crippen molar-refractivity contribution in [1.82, 2.24) is 9.78 Å². The minimum absolute atomic E-state index is 0.00686. The number of aromatic hydroxyl groups is 1. The number of nitrogens with zero attached hydrogens (tertiary/aromatic N) is 3. The van der Waals surface area contributed by atoms with Crippen LogP contribution in [0, 0.1) is 5.41 Å². The second-order valence-corrected chi connectivity index (χ2v) is 11.7. The molecule has 2 heterocycles. The first-order valence-corrected chi connectivity index (χ1v) is 14.2. The lowest BCUT2D eigenvalue weighted by molar-refractivity contribution is 0.335. The molecule has 3 aromatic rings. The molecule has 0 saturated carbocycles. The minimum Gasteiger partial charge on any atom is -0.505 e. The first-order chi connectivity index (χ1) is 16.0. The zero-order valence-corrected chi connectivity index (χ0v) is 22.2. The second kappa shape index (κ2) is 10.7. The van der Waals surface area contributed by atoms with Crippen LogP contribution in [-0.4, -0.2) is 37.4 Å². The normalized spacial score (nSPS) is 13.1. The van der Waals surface area contributed by atoms with Crippen LogP contribution in [0.4, 0.5) is 11.4 Å². The van der Waals surface area contributed by atoms with E-state index in [2.05, 4.69) is 35.6 Å². The van der Waals surface area contributed by atoms with Gasteiger partial charge in [0.2, 0.25) is 0 Å². The summed E-state index contributed by atoms with van der Waals surface area (Å²) in [6.45, 7) is 6.65. The van der Waals surface area contributed by atoms with Gasteiger partial charge in [0.15, 0.2) is 5.75 Å². The van der Waals surface area contributed by atoms with Crippen LogP contribution in [0.15, 0.2) is 50.4 Å². The van der Waals surface area contributed by atoms with E-state index in [1.807, 2.05) is 29.8 Å². The van der Waals surface area contributed by atoms with Gasteiger partial charge in [0.1, 0.15) is 28.1 Å². The molecule has 0 fully saturated rings. The number of hydrogen-bond donors (Lipinski definition) is 3. The molecule has 1 aromatic carbocycles. The predicted molar refractivity (Wildman–Crippen MR) is 144 cm³/mol. The van der Waals surface area contributed by atoms with Crippen LogP contribution in [-0.2, 0) is 17.5 Å². The Morgan fingerprint density at radius 1 is 1.35 bits per heavy atom. The fraction of sp³-hybridized carbons (Fsp3) is 0.348. The Hall–Kier alpha value is -2.63. The van der Waals surface area contributed by atoms with E-state index in [9.17, 15) is 14.1 Å². The van der Waals surface area contributed by atoms with Crippen molar-refractivity contribution in [3.05, 3.63) is 51.6 Å². The lowest BCUT2D eigenvalue weighted by atomic mass is 9.92. The molecule has 2 aromatic heterocycles. The summed E-state index contributed by atoms with van der Waals surface area (Å²) in [5.74, 6) is -0.381. The molecule has 0 radical (unpaired) electrons. The summed E-state index contributed by atoms with van der Waals surface area (Å²) in [7, 11) is -1.21. The smallest absolute Gasteiger partial charge is 0.281 e. The molecule has 0 saturated heterocycles. The molecule has 34 heavy (non-hydrogen) atoms. The highest BCUT2D eigenvalue weighted by Crippen LogP contribution is 2.34. The van der Waals surface area contributed by atoms with E-state index in [-0.39, 0.29) is 22.6 Å². The minimum atomic E-state index is -1.21. The van der Waals surface area contributed by atoms with Crippen molar-refractivity contribution in [1.29, 1.82) is 0 Å². The maximum Gasteiger partial charge on any atom is 0.281 e. The standard InChI is InChI=1S/C23H29N5O3S3/c1-23(2,3)10-11-28-22(30)18(20(29)19(26-28)16-7-6-12-33-16)21(24)25-15-9-8-14(27-34(5)31)13-17(15)32-4/h6-9,12-13,27,29H,10-11H2,1-5H3,(H2,24,25). The van der Waals surface area contributed by atoms with Crippen LogP contribution < -0.4 is 16.0 Å². The molecule has 0 aliphatic rings. The SMILES string of the molecule is CSc1cc(NS(C)=O)ccc1N=C(N)c1c(O)c(-c2cccs2)nn(CCC(C)(C)C)c1=O. The van der Waals surface area contributed by atoms with Crippen LogP contribution in [0.2, 0.25) is 0 Å². The Morgan fingerprint density at radius 2 is 2.09 bits per heavy atom. The van der Waals surface area contributed by atoms with E-state index in [0.717, 1.165) is 16.2 Å². The molecule has 1 unspecified atom stereocenters. The number of aromatic nitrogens is 2. The van der Waals surface area contributed by atoms with E-state index in [0.29, 0.717) is 23.6 Å². The third-order valence-electron chi connectivity index (χ3n) is 4.90. The van der Waals surface area contributed by atoms with Gasteiger partial charge >= 0.3 is 0 Å². The topological polar surface area (TPSA) is 123 Å². The number of thiophene rings is 1. The Bertz CT molecular complexity index is 1280. The van der Waals surface area contributed by atoms with Crippen LogP contribution in [0.25, 0.3) is 10.6 Å². The van der Waals surface area contributed by atoms with Gasteiger partial charge < -0.3 is 15.6 Å². The number of aryl methyl sites for hydroxylation is 1. The van der Waals surface area contributed by atoms with Crippen molar-refractivity contribution in [3.8, 4) is 16.3 Å². The van der Waals surface area contributed by atoms with Crippen molar-refractivity contribution in [2.24, 2.45) is 16.1 Å². The number of nitrogens with one attached hydrogen (secondary N) is 1. The van der Waals surface area contributed by atoms with Gasteiger partial charge in [-0.3, -0.25) is 4.79 Å². The third-order valence-corrected chi connectivity index (χ3v) is 7.06. The molecule has 8 nitrogen and oxygen atoms in total. The zero-order chi connectivity index (χ0) is 25.0. The number of thioether (sulfide) groups is 1. The van der Waals surface area contributed by atoms with Crippen molar-refractivity contribution in [3.63, 3.8) is 0 Å². The first kappa shape index (κ1) is 26.0.